The minimum Gasteiger partial charge on any atom is -0.491 e. The summed E-state index contributed by atoms with van der Waals surface area (Å²) in [7, 11) is 0. The van der Waals surface area contributed by atoms with Crippen LogP contribution in [-0.2, 0) is 9.47 Å². The van der Waals surface area contributed by atoms with Crippen molar-refractivity contribution in [2.45, 2.75) is 51.5 Å². The molecule has 1 heterocycles. The summed E-state index contributed by atoms with van der Waals surface area (Å²) in [6.07, 6.45) is 2.00. The number of hydrogen-bond acceptors (Lipinski definition) is 5. The monoisotopic (exact) mass is 485 g/mol. The van der Waals surface area contributed by atoms with Crippen molar-refractivity contribution in [2.24, 2.45) is 0 Å². The van der Waals surface area contributed by atoms with Crippen LogP contribution in [0.5, 0.6) is 5.75 Å². The fourth-order valence-corrected chi connectivity index (χ4v) is 4.28. The van der Waals surface area contributed by atoms with Crippen LogP contribution in [0.1, 0.15) is 58.5 Å². The molecule has 186 valence electrons. The third-order valence-electron chi connectivity index (χ3n) is 6.49. The lowest BCUT2D eigenvalue weighted by molar-refractivity contribution is -0.141. The maximum Gasteiger partial charge on any atom is 0.251 e. The Hall–Kier alpha value is -3.48. The lowest BCUT2D eigenvalue weighted by Crippen LogP contribution is -2.25. The van der Waals surface area contributed by atoms with Gasteiger partial charge in [-0.15, -0.1) is 0 Å². The van der Waals surface area contributed by atoms with Gasteiger partial charge in [0.05, 0.1) is 6.61 Å². The van der Waals surface area contributed by atoms with E-state index in [4.69, 9.17) is 14.2 Å². The van der Waals surface area contributed by atoms with Crippen molar-refractivity contribution in [3.8, 4) is 16.9 Å². The van der Waals surface area contributed by atoms with Gasteiger partial charge in [0.25, 0.3) is 5.91 Å². The Morgan fingerprint density at radius 2 is 1.58 bits per heavy atom. The number of carbonyl (C=O) groups is 2. The molecular weight excluding hydrogens is 454 g/mol. The summed E-state index contributed by atoms with van der Waals surface area (Å²) in [4.78, 5) is 25.5. The summed E-state index contributed by atoms with van der Waals surface area (Å²) < 4.78 is 17.1. The van der Waals surface area contributed by atoms with Gasteiger partial charge in [0.1, 0.15) is 18.5 Å². The summed E-state index contributed by atoms with van der Waals surface area (Å²) >= 11 is 0. The van der Waals surface area contributed by atoms with Crippen molar-refractivity contribution in [1.29, 1.82) is 0 Å². The Morgan fingerprint density at radius 3 is 2.19 bits per heavy atom. The summed E-state index contributed by atoms with van der Waals surface area (Å²) in [5.41, 5.74) is 4.87. The van der Waals surface area contributed by atoms with E-state index in [-0.39, 0.29) is 17.8 Å². The Bertz CT molecular complexity index is 1260. The maximum atomic E-state index is 13.0. The van der Waals surface area contributed by atoms with E-state index in [1.165, 1.54) is 0 Å². The highest BCUT2D eigenvalue weighted by atomic mass is 16.7. The topological polar surface area (TPSA) is 73.9 Å². The number of amides is 1. The van der Waals surface area contributed by atoms with Crippen molar-refractivity contribution >= 4 is 11.7 Å². The quantitative estimate of drug-likeness (QED) is 0.438. The zero-order chi connectivity index (χ0) is 25.3. The van der Waals surface area contributed by atoms with E-state index >= 15 is 0 Å². The van der Waals surface area contributed by atoms with Crippen molar-refractivity contribution in [1.82, 2.24) is 5.32 Å². The van der Waals surface area contributed by atoms with Gasteiger partial charge in [-0.3, -0.25) is 9.59 Å². The number of aryl methyl sites for hydroxylation is 1. The summed E-state index contributed by atoms with van der Waals surface area (Å²) in [6, 6.07) is 20.7. The van der Waals surface area contributed by atoms with E-state index in [0.29, 0.717) is 41.7 Å². The lowest BCUT2D eigenvalue weighted by atomic mass is 9.95. The Labute approximate surface area is 211 Å². The van der Waals surface area contributed by atoms with Crippen LogP contribution in [0.15, 0.2) is 66.7 Å². The molecule has 1 saturated carbocycles. The zero-order valence-electron chi connectivity index (χ0n) is 20.9. The van der Waals surface area contributed by atoms with E-state index in [9.17, 15) is 9.59 Å². The molecule has 0 radical (unpaired) electrons. The van der Waals surface area contributed by atoms with Crippen LogP contribution in [0, 0.1) is 6.92 Å². The fraction of sp³-hybridized carbons (Fsp3) is 0.333. The molecule has 36 heavy (non-hydrogen) atoms. The number of ether oxygens (including phenoxy) is 3. The molecule has 1 amide bonds. The molecular formula is C30H31NO5. The first-order valence-corrected chi connectivity index (χ1v) is 12.4. The van der Waals surface area contributed by atoms with Crippen molar-refractivity contribution in [3.05, 3.63) is 89.0 Å². The normalized spacial score (nSPS) is 18.6. The van der Waals surface area contributed by atoms with Gasteiger partial charge >= 0.3 is 0 Å². The molecule has 6 heteroatoms. The number of ketones is 1. The Kier molecular flexibility index (Phi) is 6.65. The molecule has 2 aliphatic rings. The average Bonchev–Trinajstić information content (AvgIpc) is 3.63. The van der Waals surface area contributed by atoms with Crippen LogP contribution < -0.4 is 10.1 Å². The van der Waals surface area contributed by atoms with Crippen molar-refractivity contribution < 1.29 is 23.8 Å². The first-order chi connectivity index (χ1) is 17.3. The van der Waals surface area contributed by atoms with Crippen molar-refractivity contribution in [3.63, 3.8) is 0 Å². The van der Waals surface area contributed by atoms with Gasteiger partial charge in [-0.25, -0.2) is 0 Å². The smallest absolute Gasteiger partial charge is 0.251 e. The highest BCUT2D eigenvalue weighted by Crippen LogP contribution is 2.27. The van der Waals surface area contributed by atoms with Crippen LogP contribution in [0.25, 0.3) is 11.1 Å². The van der Waals surface area contributed by atoms with Crippen LogP contribution in [0.3, 0.4) is 0 Å². The predicted molar refractivity (Wildman–Crippen MR) is 137 cm³/mol. The number of hydrogen-bond donors (Lipinski definition) is 1. The average molecular weight is 486 g/mol. The minimum atomic E-state index is -0.577. The molecule has 3 aromatic rings. The molecule has 1 N–H and O–H groups in total. The molecule has 1 saturated heterocycles. The van der Waals surface area contributed by atoms with Gasteiger partial charge < -0.3 is 19.5 Å². The first kappa shape index (κ1) is 24.2. The number of carbonyl (C=O) groups excluding carboxylic acids is 2. The molecule has 0 bridgehead atoms. The maximum absolute atomic E-state index is 13.0. The van der Waals surface area contributed by atoms with Gasteiger partial charge in [-0.2, -0.15) is 0 Å². The summed E-state index contributed by atoms with van der Waals surface area (Å²) in [6.45, 7) is 6.67. The molecule has 1 atom stereocenters. The third kappa shape index (κ3) is 5.66. The van der Waals surface area contributed by atoms with Gasteiger partial charge in [0.2, 0.25) is 0 Å². The van der Waals surface area contributed by atoms with Gasteiger partial charge in [-0.1, -0.05) is 30.3 Å². The highest BCUT2D eigenvalue weighted by molar-refractivity contribution is 6.09. The van der Waals surface area contributed by atoms with Gasteiger partial charge in [-0.05, 0) is 86.7 Å². The Balaban J connectivity index is 1.23. The van der Waals surface area contributed by atoms with E-state index < -0.39 is 5.79 Å². The largest absolute Gasteiger partial charge is 0.491 e. The number of rotatable bonds is 8. The second-order valence-electron chi connectivity index (χ2n) is 9.97. The summed E-state index contributed by atoms with van der Waals surface area (Å²) in [5, 5.41) is 3.04. The molecule has 1 aliphatic heterocycles. The number of benzene rings is 3. The summed E-state index contributed by atoms with van der Waals surface area (Å²) in [5.74, 6) is 0.00492. The molecule has 2 fully saturated rings. The van der Waals surface area contributed by atoms with E-state index in [1.54, 1.807) is 24.3 Å². The van der Waals surface area contributed by atoms with Gasteiger partial charge in [0, 0.05) is 22.7 Å². The lowest BCUT2D eigenvalue weighted by Gasteiger charge is -2.17. The molecule has 0 aromatic heterocycles. The molecule has 6 nitrogen and oxygen atoms in total. The van der Waals surface area contributed by atoms with E-state index in [2.05, 4.69) is 5.32 Å². The van der Waals surface area contributed by atoms with Crippen LogP contribution >= 0.6 is 0 Å². The van der Waals surface area contributed by atoms with Crippen LogP contribution in [0.2, 0.25) is 0 Å². The first-order valence-electron chi connectivity index (χ1n) is 12.4. The Morgan fingerprint density at radius 1 is 0.944 bits per heavy atom. The van der Waals surface area contributed by atoms with Crippen LogP contribution in [-0.4, -0.2) is 42.8 Å². The highest BCUT2D eigenvalue weighted by Gasteiger charge is 2.33. The molecule has 1 aliphatic carbocycles. The SMILES string of the molecule is Cc1ccc(C(=O)NC2CC2)cc1-c1ccc(C(=O)c2ccc(OCC3COC(C)(C)O3)cc2)cc1. The van der Waals surface area contributed by atoms with E-state index in [0.717, 1.165) is 29.5 Å². The molecule has 3 aromatic carbocycles. The molecule has 5 rings (SSSR count). The molecule has 0 spiro atoms. The predicted octanol–water partition coefficient (Wildman–Crippen LogP) is 5.32. The third-order valence-corrected chi connectivity index (χ3v) is 6.49. The molecule has 1 unspecified atom stereocenters. The standard InChI is InChI=1S/C30H31NO5/c1-19-4-5-23(29(33)31-24-12-13-24)16-27(19)20-6-8-21(9-7-20)28(32)22-10-14-25(15-11-22)34-17-26-18-35-30(2,3)36-26/h4-11,14-16,24,26H,12-13,17-18H2,1-3H3,(H,31,33). The van der Waals surface area contributed by atoms with Crippen molar-refractivity contribution in [2.75, 3.05) is 13.2 Å². The minimum absolute atomic E-state index is 0.0362. The van der Waals surface area contributed by atoms with Crippen LogP contribution in [0.4, 0.5) is 0 Å². The second-order valence-corrected chi connectivity index (χ2v) is 9.97. The number of nitrogens with one attached hydrogen (secondary N) is 1. The van der Waals surface area contributed by atoms with Gasteiger partial charge in [0.15, 0.2) is 11.6 Å². The zero-order valence-corrected chi connectivity index (χ0v) is 20.9. The second kappa shape index (κ2) is 9.88. The fourth-order valence-electron chi connectivity index (χ4n) is 4.28. The van der Waals surface area contributed by atoms with E-state index in [1.807, 2.05) is 63.2 Å².